The van der Waals surface area contributed by atoms with E-state index in [0.717, 1.165) is 38.4 Å². The van der Waals surface area contributed by atoms with Crippen LogP contribution in [0.2, 0.25) is 0 Å². The van der Waals surface area contributed by atoms with E-state index in [0.29, 0.717) is 6.61 Å². The van der Waals surface area contributed by atoms with Gasteiger partial charge in [0.05, 0.1) is 25.9 Å². The second-order valence-corrected chi connectivity index (χ2v) is 4.49. The van der Waals surface area contributed by atoms with Gasteiger partial charge in [0.25, 0.3) is 0 Å². The van der Waals surface area contributed by atoms with Crippen LogP contribution in [-0.4, -0.2) is 55.6 Å². The van der Waals surface area contributed by atoms with Crippen molar-refractivity contribution < 1.29 is 14.6 Å². The van der Waals surface area contributed by atoms with E-state index < -0.39 is 0 Å². The van der Waals surface area contributed by atoms with Gasteiger partial charge in [-0.1, -0.05) is 18.2 Å². The van der Waals surface area contributed by atoms with Crippen molar-refractivity contribution in [3.8, 4) is 5.75 Å². The molecule has 1 unspecified atom stereocenters. The zero-order valence-corrected chi connectivity index (χ0v) is 10.6. The molecule has 1 atom stereocenters. The number of aliphatic hydroxyl groups excluding tert-OH is 1. The van der Waals surface area contributed by atoms with Crippen molar-refractivity contribution >= 4 is 0 Å². The van der Waals surface area contributed by atoms with Crippen LogP contribution in [0.1, 0.15) is 6.42 Å². The number of hydrogen-bond acceptors (Lipinski definition) is 4. The first-order valence-corrected chi connectivity index (χ1v) is 6.51. The third-order valence-electron chi connectivity index (χ3n) is 3.06. The molecule has 2 rings (SSSR count). The number of ether oxygens (including phenoxy) is 2. The summed E-state index contributed by atoms with van der Waals surface area (Å²) in [6, 6.07) is 9.87. The first-order chi connectivity index (χ1) is 8.88. The molecule has 1 aromatic carbocycles. The molecular formula is C14H21NO3. The minimum atomic E-state index is -0.0196. The van der Waals surface area contributed by atoms with Crippen LogP contribution < -0.4 is 4.74 Å². The van der Waals surface area contributed by atoms with Crippen LogP contribution >= 0.6 is 0 Å². The molecule has 4 nitrogen and oxygen atoms in total. The van der Waals surface area contributed by atoms with Gasteiger partial charge in [-0.05, 0) is 18.6 Å². The van der Waals surface area contributed by atoms with E-state index in [2.05, 4.69) is 4.90 Å². The maximum absolute atomic E-state index is 9.05. The van der Waals surface area contributed by atoms with Gasteiger partial charge in [0, 0.05) is 19.6 Å². The van der Waals surface area contributed by atoms with Crippen LogP contribution in [0.15, 0.2) is 30.3 Å². The SMILES string of the molecule is OCC1CN(CCCOc2ccccc2)CCO1. The molecule has 0 aliphatic carbocycles. The van der Waals surface area contributed by atoms with Crippen LogP contribution in [-0.2, 0) is 4.74 Å². The Morgan fingerprint density at radius 3 is 2.94 bits per heavy atom. The molecule has 1 saturated heterocycles. The van der Waals surface area contributed by atoms with Gasteiger partial charge in [-0.25, -0.2) is 0 Å². The molecule has 1 aliphatic rings. The van der Waals surface area contributed by atoms with Crippen molar-refractivity contribution in [3.63, 3.8) is 0 Å². The smallest absolute Gasteiger partial charge is 0.119 e. The summed E-state index contributed by atoms with van der Waals surface area (Å²) in [5.41, 5.74) is 0. The summed E-state index contributed by atoms with van der Waals surface area (Å²) in [4.78, 5) is 2.32. The monoisotopic (exact) mass is 251 g/mol. The number of morpholine rings is 1. The van der Waals surface area contributed by atoms with Crippen LogP contribution in [0.3, 0.4) is 0 Å². The van der Waals surface area contributed by atoms with Gasteiger partial charge in [0.1, 0.15) is 5.75 Å². The van der Waals surface area contributed by atoms with E-state index in [9.17, 15) is 0 Å². The third-order valence-corrected chi connectivity index (χ3v) is 3.06. The number of hydrogen-bond donors (Lipinski definition) is 1. The average Bonchev–Trinajstić information content (AvgIpc) is 2.45. The number of rotatable bonds is 6. The fourth-order valence-corrected chi connectivity index (χ4v) is 2.09. The second kappa shape index (κ2) is 7.36. The van der Waals surface area contributed by atoms with E-state index in [-0.39, 0.29) is 12.7 Å². The first-order valence-electron chi connectivity index (χ1n) is 6.51. The lowest BCUT2D eigenvalue weighted by atomic mass is 10.2. The normalized spacial score (nSPS) is 20.8. The molecular weight excluding hydrogens is 230 g/mol. The van der Waals surface area contributed by atoms with E-state index in [1.807, 2.05) is 30.3 Å². The molecule has 0 bridgehead atoms. The van der Waals surface area contributed by atoms with Gasteiger partial charge < -0.3 is 14.6 Å². The second-order valence-electron chi connectivity index (χ2n) is 4.49. The highest BCUT2D eigenvalue weighted by molar-refractivity contribution is 5.20. The number of benzene rings is 1. The molecule has 1 aliphatic heterocycles. The lowest BCUT2D eigenvalue weighted by Crippen LogP contribution is -2.44. The summed E-state index contributed by atoms with van der Waals surface area (Å²) in [6.07, 6.45) is 0.973. The molecule has 1 N–H and O–H groups in total. The summed E-state index contributed by atoms with van der Waals surface area (Å²) in [6.45, 7) is 4.31. The summed E-state index contributed by atoms with van der Waals surface area (Å²) in [5, 5.41) is 9.05. The Hall–Kier alpha value is -1.10. The molecule has 1 fully saturated rings. The molecule has 0 radical (unpaired) electrons. The fraction of sp³-hybridized carbons (Fsp3) is 0.571. The Labute approximate surface area is 108 Å². The summed E-state index contributed by atoms with van der Waals surface area (Å²) in [7, 11) is 0. The Balaban J connectivity index is 1.60. The molecule has 100 valence electrons. The molecule has 1 aromatic rings. The van der Waals surface area contributed by atoms with Gasteiger partial charge in [-0.2, -0.15) is 0 Å². The maximum atomic E-state index is 9.05. The molecule has 18 heavy (non-hydrogen) atoms. The first kappa shape index (κ1) is 13.3. The third kappa shape index (κ3) is 4.29. The largest absolute Gasteiger partial charge is 0.494 e. The Morgan fingerprint density at radius 1 is 1.33 bits per heavy atom. The van der Waals surface area contributed by atoms with E-state index in [1.54, 1.807) is 0 Å². The zero-order valence-electron chi connectivity index (χ0n) is 10.6. The van der Waals surface area contributed by atoms with E-state index in [4.69, 9.17) is 14.6 Å². The molecule has 0 amide bonds. The van der Waals surface area contributed by atoms with Crippen molar-refractivity contribution in [3.05, 3.63) is 30.3 Å². The van der Waals surface area contributed by atoms with Crippen molar-refractivity contribution in [2.24, 2.45) is 0 Å². The molecule has 0 saturated carbocycles. The topological polar surface area (TPSA) is 41.9 Å². The number of nitrogens with zero attached hydrogens (tertiary/aromatic N) is 1. The zero-order chi connectivity index (χ0) is 12.6. The van der Waals surface area contributed by atoms with E-state index in [1.165, 1.54) is 0 Å². The fourth-order valence-electron chi connectivity index (χ4n) is 2.09. The van der Waals surface area contributed by atoms with Crippen molar-refractivity contribution in [2.45, 2.75) is 12.5 Å². The summed E-state index contributed by atoms with van der Waals surface area (Å²) >= 11 is 0. The molecule has 1 heterocycles. The Bertz CT molecular complexity index is 331. The summed E-state index contributed by atoms with van der Waals surface area (Å²) < 4.78 is 11.1. The highest BCUT2D eigenvalue weighted by Crippen LogP contribution is 2.09. The lowest BCUT2D eigenvalue weighted by Gasteiger charge is -2.31. The maximum Gasteiger partial charge on any atom is 0.119 e. The van der Waals surface area contributed by atoms with Gasteiger partial charge >= 0.3 is 0 Å². The van der Waals surface area contributed by atoms with Gasteiger partial charge in [-0.15, -0.1) is 0 Å². The van der Waals surface area contributed by atoms with Gasteiger partial charge in [0.2, 0.25) is 0 Å². The van der Waals surface area contributed by atoms with Crippen LogP contribution in [0.4, 0.5) is 0 Å². The van der Waals surface area contributed by atoms with Crippen molar-refractivity contribution in [1.29, 1.82) is 0 Å². The van der Waals surface area contributed by atoms with Crippen LogP contribution in [0.25, 0.3) is 0 Å². The Morgan fingerprint density at radius 2 is 2.17 bits per heavy atom. The average molecular weight is 251 g/mol. The van der Waals surface area contributed by atoms with Crippen LogP contribution in [0, 0.1) is 0 Å². The summed E-state index contributed by atoms with van der Waals surface area (Å²) in [5.74, 6) is 0.924. The molecule has 4 heteroatoms. The van der Waals surface area contributed by atoms with E-state index >= 15 is 0 Å². The quantitative estimate of drug-likeness (QED) is 0.770. The number of para-hydroxylation sites is 1. The highest BCUT2D eigenvalue weighted by atomic mass is 16.5. The highest BCUT2D eigenvalue weighted by Gasteiger charge is 2.18. The van der Waals surface area contributed by atoms with Crippen molar-refractivity contribution in [2.75, 3.05) is 39.5 Å². The lowest BCUT2D eigenvalue weighted by molar-refractivity contribution is -0.0533. The minimum Gasteiger partial charge on any atom is -0.494 e. The standard InChI is InChI=1S/C14H21NO3/c16-12-14-11-15(8-10-18-14)7-4-9-17-13-5-2-1-3-6-13/h1-3,5-6,14,16H,4,7-12H2. The van der Waals surface area contributed by atoms with Crippen LogP contribution in [0.5, 0.6) is 5.75 Å². The number of aliphatic hydroxyl groups is 1. The predicted octanol–water partition coefficient (Wildman–Crippen LogP) is 1.15. The van der Waals surface area contributed by atoms with Gasteiger partial charge in [-0.3, -0.25) is 4.90 Å². The van der Waals surface area contributed by atoms with Gasteiger partial charge in [0.15, 0.2) is 0 Å². The molecule has 0 spiro atoms. The molecule has 0 aromatic heterocycles. The Kier molecular flexibility index (Phi) is 5.45. The van der Waals surface area contributed by atoms with Crippen molar-refractivity contribution in [1.82, 2.24) is 4.90 Å². The predicted molar refractivity (Wildman–Crippen MR) is 69.8 cm³/mol. The minimum absolute atomic E-state index is 0.0196.